The lowest BCUT2D eigenvalue weighted by atomic mass is 9.97. The van der Waals surface area contributed by atoms with Crippen molar-refractivity contribution >= 4 is 23.0 Å². The normalized spacial score (nSPS) is 14.9. The van der Waals surface area contributed by atoms with Crippen LogP contribution in [-0.4, -0.2) is 36.7 Å². The van der Waals surface area contributed by atoms with Gasteiger partial charge in [0.05, 0.1) is 12.1 Å². The number of hydrogen-bond donors (Lipinski definition) is 2. The van der Waals surface area contributed by atoms with Crippen LogP contribution in [0.15, 0.2) is 53.5 Å². The summed E-state index contributed by atoms with van der Waals surface area (Å²) in [5.74, 6) is 0.531. The molecule has 2 N–H and O–H groups in total. The van der Waals surface area contributed by atoms with Crippen LogP contribution in [-0.2, 0) is 4.79 Å². The fourth-order valence-electron chi connectivity index (χ4n) is 4.20. The van der Waals surface area contributed by atoms with Gasteiger partial charge in [0.25, 0.3) is 0 Å². The molecule has 0 spiro atoms. The molecule has 0 radical (unpaired) electrons. The molecule has 0 amide bonds. The van der Waals surface area contributed by atoms with E-state index in [0.29, 0.717) is 11.6 Å². The molecule has 7 nitrogen and oxygen atoms in total. The van der Waals surface area contributed by atoms with Crippen LogP contribution in [0, 0.1) is 20.8 Å². The number of phenols is 1. The van der Waals surface area contributed by atoms with E-state index in [2.05, 4.69) is 24.0 Å². The number of hydrogen-bond acceptors (Lipinski definition) is 6. The lowest BCUT2D eigenvalue weighted by molar-refractivity contribution is -0.137. The quantitative estimate of drug-likeness (QED) is 0.449. The number of carboxylic acid groups (broad SMARTS) is 1. The minimum absolute atomic E-state index is 0.171. The minimum atomic E-state index is -0.937. The van der Waals surface area contributed by atoms with Crippen molar-refractivity contribution in [2.45, 2.75) is 33.2 Å². The van der Waals surface area contributed by atoms with Gasteiger partial charge in [-0.1, -0.05) is 36.4 Å². The van der Waals surface area contributed by atoms with Gasteiger partial charge in [0, 0.05) is 16.0 Å². The SMILES string of the molecule is Cc1sc2c(c1C)C(c1ccc(-c3cccc(O)c3)cc1)=N[C@@H](CC(=O)O)c1nnc(C)n1-2. The third-order valence-corrected chi connectivity index (χ3v) is 7.14. The second-order valence-corrected chi connectivity index (χ2v) is 9.33. The maximum atomic E-state index is 11.7. The predicted octanol–water partition coefficient (Wildman–Crippen LogP) is 4.99. The number of aliphatic imine (C=N–C) groups is 1. The zero-order valence-electron chi connectivity index (χ0n) is 18.4. The number of phenolic OH excluding ortho intramolecular Hbond substituents is 1. The Bertz CT molecular complexity index is 1420. The Labute approximate surface area is 194 Å². The maximum absolute atomic E-state index is 11.7. The molecule has 0 bridgehead atoms. The molecule has 166 valence electrons. The van der Waals surface area contributed by atoms with Gasteiger partial charge in [0.2, 0.25) is 0 Å². The first-order valence-corrected chi connectivity index (χ1v) is 11.4. The zero-order valence-corrected chi connectivity index (χ0v) is 19.2. The maximum Gasteiger partial charge on any atom is 0.306 e. The molecule has 2 aromatic heterocycles. The topological polar surface area (TPSA) is 101 Å². The van der Waals surface area contributed by atoms with Crippen molar-refractivity contribution in [1.29, 1.82) is 0 Å². The molecule has 1 aliphatic heterocycles. The Morgan fingerprint density at radius 1 is 1.03 bits per heavy atom. The molecule has 0 saturated carbocycles. The molecule has 4 aromatic rings. The molecule has 1 aliphatic rings. The second kappa shape index (κ2) is 7.97. The van der Waals surface area contributed by atoms with E-state index in [-0.39, 0.29) is 12.2 Å². The number of aromatic nitrogens is 3. The first-order valence-electron chi connectivity index (χ1n) is 10.6. The number of carboxylic acids is 1. The summed E-state index contributed by atoms with van der Waals surface area (Å²) in [5.41, 5.74) is 5.63. The Kier molecular flexibility index (Phi) is 5.09. The van der Waals surface area contributed by atoms with Gasteiger partial charge in [-0.05, 0) is 49.6 Å². The van der Waals surface area contributed by atoms with Crippen molar-refractivity contribution in [3.05, 3.63) is 81.7 Å². The van der Waals surface area contributed by atoms with Gasteiger partial charge in [-0.3, -0.25) is 14.4 Å². The number of nitrogens with zero attached hydrogens (tertiary/aromatic N) is 4. The van der Waals surface area contributed by atoms with Crippen LogP contribution in [0.3, 0.4) is 0 Å². The average Bonchev–Trinajstić information content (AvgIpc) is 3.26. The van der Waals surface area contributed by atoms with Crippen LogP contribution in [0.25, 0.3) is 16.1 Å². The standard InChI is InChI=1S/C25H22N4O3S/c1-13-14(2)33-25-22(13)23(26-20(12-21(31)32)24-28-27-15(3)29(24)25)17-9-7-16(8-10-17)18-5-4-6-19(30)11-18/h4-11,20,30H,12H2,1-3H3,(H,31,32)/t20-/m0/s1. The predicted molar refractivity (Wildman–Crippen MR) is 128 cm³/mol. The minimum Gasteiger partial charge on any atom is -0.508 e. The molecule has 0 fully saturated rings. The summed E-state index contributed by atoms with van der Waals surface area (Å²) in [7, 11) is 0. The Hall–Kier alpha value is -3.78. The smallest absolute Gasteiger partial charge is 0.306 e. The first-order chi connectivity index (χ1) is 15.8. The van der Waals surface area contributed by atoms with E-state index in [9.17, 15) is 15.0 Å². The lowest BCUT2D eigenvalue weighted by Gasteiger charge is -2.11. The highest BCUT2D eigenvalue weighted by molar-refractivity contribution is 7.15. The molecule has 0 unspecified atom stereocenters. The molecule has 5 rings (SSSR count). The van der Waals surface area contributed by atoms with Gasteiger partial charge in [0.15, 0.2) is 5.82 Å². The molecule has 3 heterocycles. The number of thiophene rings is 1. The van der Waals surface area contributed by atoms with Gasteiger partial charge >= 0.3 is 5.97 Å². The van der Waals surface area contributed by atoms with Crippen LogP contribution in [0.4, 0.5) is 0 Å². The van der Waals surface area contributed by atoms with Crippen LogP contribution in [0.5, 0.6) is 5.75 Å². The molecule has 0 saturated heterocycles. The van der Waals surface area contributed by atoms with Gasteiger partial charge in [-0.15, -0.1) is 21.5 Å². The molecule has 8 heteroatoms. The molecule has 1 atom stereocenters. The van der Waals surface area contributed by atoms with E-state index in [0.717, 1.165) is 38.5 Å². The van der Waals surface area contributed by atoms with Crippen LogP contribution in [0.1, 0.15) is 45.7 Å². The number of carbonyl (C=O) groups is 1. The summed E-state index contributed by atoms with van der Waals surface area (Å²) < 4.78 is 1.95. The number of aromatic hydroxyl groups is 1. The molecule has 0 aliphatic carbocycles. The summed E-state index contributed by atoms with van der Waals surface area (Å²) in [6.45, 7) is 6.01. The van der Waals surface area contributed by atoms with E-state index in [4.69, 9.17) is 4.99 Å². The summed E-state index contributed by atoms with van der Waals surface area (Å²) in [5, 5.41) is 28.9. The van der Waals surface area contributed by atoms with E-state index in [1.54, 1.807) is 23.5 Å². The molecular formula is C25H22N4O3S. The van der Waals surface area contributed by atoms with Crippen molar-refractivity contribution in [3.8, 4) is 21.9 Å². The summed E-state index contributed by atoms with van der Waals surface area (Å²) in [4.78, 5) is 17.8. The van der Waals surface area contributed by atoms with E-state index in [1.807, 2.05) is 47.9 Å². The third kappa shape index (κ3) is 3.62. The largest absolute Gasteiger partial charge is 0.508 e. The molecular weight excluding hydrogens is 436 g/mol. The number of aliphatic carboxylic acids is 1. The van der Waals surface area contributed by atoms with E-state index in [1.165, 1.54) is 4.88 Å². The second-order valence-electron chi connectivity index (χ2n) is 8.12. The number of benzene rings is 2. The molecule has 2 aromatic carbocycles. The van der Waals surface area contributed by atoms with Crippen molar-refractivity contribution in [2.24, 2.45) is 4.99 Å². The fourth-order valence-corrected chi connectivity index (χ4v) is 5.41. The van der Waals surface area contributed by atoms with Crippen LogP contribution < -0.4 is 0 Å². The number of rotatable bonds is 4. The van der Waals surface area contributed by atoms with Crippen LogP contribution in [0.2, 0.25) is 0 Å². The van der Waals surface area contributed by atoms with Crippen molar-refractivity contribution < 1.29 is 15.0 Å². The van der Waals surface area contributed by atoms with Gasteiger partial charge < -0.3 is 10.2 Å². The first kappa shape index (κ1) is 21.1. The van der Waals surface area contributed by atoms with Gasteiger partial charge in [-0.2, -0.15) is 0 Å². The van der Waals surface area contributed by atoms with Crippen molar-refractivity contribution in [1.82, 2.24) is 14.8 Å². The van der Waals surface area contributed by atoms with Gasteiger partial charge in [-0.25, -0.2) is 0 Å². The third-order valence-electron chi connectivity index (χ3n) is 5.95. The van der Waals surface area contributed by atoms with Crippen molar-refractivity contribution in [3.63, 3.8) is 0 Å². The van der Waals surface area contributed by atoms with E-state index < -0.39 is 12.0 Å². The zero-order chi connectivity index (χ0) is 23.3. The highest BCUT2D eigenvalue weighted by atomic mass is 32.1. The van der Waals surface area contributed by atoms with Gasteiger partial charge in [0.1, 0.15) is 22.6 Å². The Balaban J connectivity index is 1.69. The van der Waals surface area contributed by atoms with Crippen LogP contribution >= 0.6 is 11.3 Å². The monoisotopic (exact) mass is 458 g/mol. The lowest BCUT2D eigenvalue weighted by Crippen LogP contribution is -2.10. The number of fused-ring (bicyclic) bond motifs is 3. The summed E-state index contributed by atoms with van der Waals surface area (Å²) >= 11 is 1.64. The Morgan fingerprint density at radius 3 is 2.45 bits per heavy atom. The average molecular weight is 459 g/mol. The highest BCUT2D eigenvalue weighted by Gasteiger charge is 2.32. The highest BCUT2D eigenvalue weighted by Crippen LogP contribution is 2.39. The number of aryl methyl sites for hydroxylation is 2. The summed E-state index contributed by atoms with van der Waals surface area (Å²) in [6.07, 6.45) is -0.171. The molecule has 33 heavy (non-hydrogen) atoms. The van der Waals surface area contributed by atoms with E-state index >= 15 is 0 Å². The summed E-state index contributed by atoms with van der Waals surface area (Å²) in [6, 6.07) is 14.4. The van der Waals surface area contributed by atoms with Crippen molar-refractivity contribution in [2.75, 3.05) is 0 Å². The Morgan fingerprint density at radius 2 is 1.76 bits per heavy atom. The fraction of sp³-hybridized carbons (Fsp3) is 0.200.